The zero-order valence-corrected chi connectivity index (χ0v) is 8.96. The number of carbonyl (C=O) groups is 1. The number of hydrogen-bond donors (Lipinski definition) is 1. The molecule has 0 saturated heterocycles. The number of aliphatic carboxylic acids is 1. The van der Waals surface area contributed by atoms with Crippen LogP contribution in [-0.4, -0.2) is 11.1 Å². The first-order valence-electron chi connectivity index (χ1n) is 5.45. The fourth-order valence-corrected chi connectivity index (χ4v) is 2.47. The van der Waals surface area contributed by atoms with E-state index >= 15 is 0 Å². The molecule has 1 rings (SSSR count). The summed E-state index contributed by atoms with van der Waals surface area (Å²) >= 11 is 0. The van der Waals surface area contributed by atoms with E-state index in [4.69, 9.17) is 0 Å². The van der Waals surface area contributed by atoms with Crippen molar-refractivity contribution >= 4 is 5.97 Å². The Labute approximate surface area is 86.0 Å². The van der Waals surface area contributed by atoms with Crippen molar-refractivity contribution in [2.75, 3.05) is 0 Å². The largest absolute Gasteiger partial charge is 0.481 e. The summed E-state index contributed by atoms with van der Waals surface area (Å²) in [7, 11) is 0. The van der Waals surface area contributed by atoms with Crippen molar-refractivity contribution in [2.24, 2.45) is 11.3 Å². The molecular formula is C12H20O2. The molecule has 1 saturated carbocycles. The van der Waals surface area contributed by atoms with E-state index in [1.54, 1.807) is 6.08 Å². The third-order valence-corrected chi connectivity index (χ3v) is 3.56. The van der Waals surface area contributed by atoms with Gasteiger partial charge in [-0.05, 0) is 32.1 Å². The summed E-state index contributed by atoms with van der Waals surface area (Å²) < 4.78 is 0. The summed E-state index contributed by atoms with van der Waals surface area (Å²) in [4.78, 5) is 11.3. The van der Waals surface area contributed by atoms with Crippen LogP contribution in [0.25, 0.3) is 0 Å². The highest BCUT2D eigenvalue weighted by molar-refractivity contribution is 5.74. The van der Waals surface area contributed by atoms with E-state index in [0.29, 0.717) is 12.3 Å². The average molecular weight is 196 g/mol. The van der Waals surface area contributed by atoms with Gasteiger partial charge in [0.25, 0.3) is 0 Å². The van der Waals surface area contributed by atoms with Crippen LogP contribution in [0.1, 0.15) is 45.4 Å². The maximum Gasteiger partial charge on any atom is 0.309 e. The minimum Gasteiger partial charge on any atom is -0.481 e. The molecule has 0 radical (unpaired) electrons. The molecule has 80 valence electrons. The summed E-state index contributed by atoms with van der Waals surface area (Å²) in [6.45, 7) is 5.53. The van der Waals surface area contributed by atoms with E-state index in [1.165, 1.54) is 19.3 Å². The Kier molecular flexibility index (Phi) is 3.73. The van der Waals surface area contributed by atoms with Gasteiger partial charge in [0, 0.05) is 0 Å². The highest BCUT2D eigenvalue weighted by Gasteiger charge is 2.40. The van der Waals surface area contributed by atoms with E-state index in [1.807, 2.05) is 6.92 Å². The number of carboxylic acid groups (broad SMARTS) is 1. The van der Waals surface area contributed by atoms with E-state index < -0.39 is 11.4 Å². The molecule has 0 bridgehead atoms. The van der Waals surface area contributed by atoms with Crippen molar-refractivity contribution in [3.05, 3.63) is 12.7 Å². The third-order valence-electron chi connectivity index (χ3n) is 3.56. The molecular weight excluding hydrogens is 176 g/mol. The first-order chi connectivity index (χ1) is 6.61. The van der Waals surface area contributed by atoms with Crippen LogP contribution in [0.2, 0.25) is 0 Å². The predicted octanol–water partition coefficient (Wildman–Crippen LogP) is 3.23. The quantitative estimate of drug-likeness (QED) is 0.701. The van der Waals surface area contributed by atoms with E-state index in [2.05, 4.69) is 6.58 Å². The lowest BCUT2D eigenvalue weighted by atomic mass is 9.68. The molecule has 0 amide bonds. The van der Waals surface area contributed by atoms with Crippen molar-refractivity contribution in [2.45, 2.75) is 45.4 Å². The van der Waals surface area contributed by atoms with Crippen LogP contribution in [0.15, 0.2) is 12.7 Å². The lowest BCUT2D eigenvalue weighted by Gasteiger charge is -2.35. The van der Waals surface area contributed by atoms with Gasteiger partial charge in [0.1, 0.15) is 0 Å². The standard InChI is InChI=1S/C12H20O2/c1-3-9-12(2,11(13)14)10-7-5-4-6-8-10/h3,10H,1,4-9H2,2H3,(H,13,14). The lowest BCUT2D eigenvalue weighted by Crippen LogP contribution is -2.36. The molecule has 1 unspecified atom stereocenters. The molecule has 1 aliphatic carbocycles. The average Bonchev–Trinajstić information content (AvgIpc) is 2.19. The van der Waals surface area contributed by atoms with Crippen LogP contribution in [0.5, 0.6) is 0 Å². The summed E-state index contributed by atoms with van der Waals surface area (Å²) in [6.07, 6.45) is 8.10. The van der Waals surface area contributed by atoms with Crippen molar-refractivity contribution < 1.29 is 9.90 Å². The second-order valence-electron chi connectivity index (χ2n) is 4.55. The minimum absolute atomic E-state index is 0.340. The predicted molar refractivity (Wildman–Crippen MR) is 57.1 cm³/mol. The van der Waals surface area contributed by atoms with Crippen molar-refractivity contribution in [1.29, 1.82) is 0 Å². The minimum atomic E-state index is -0.663. The normalized spacial score (nSPS) is 22.6. The Balaban J connectivity index is 2.74. The Morgan fingerprint density at radius 1 is 1.50 bits per heavy atom. The Bertz CT molecular complexity index is 216. The summed E-state index contributed by atoms with van der Waals surface area (Å²) in [5, 5.41) is 9.27. The van der Waals surface area contributed by atoms with Crippen LogP contribution in [0.3, 0.4) is 0 Å². The van der Waals surface area contributed by atoms with Gasteiger partial charge in [0.2, 0.25) is 0 Å². The first kappa shape index (κ1) is 11.3. The molecule has 0 aromatic rings. The van der Waals surface area contributed by atoms with Crippen LogP contribution in [-0.2, 0) is 4.79 Å². The number of hydrogen-bond acceptors (Lipinski definition) is 1. The maximum absolute atomic E-state index is 11.3. The van der Waals surface area contributed by atoms with Crippen molar-refractivity contribution in [1.82, 2.24) is 0 Å². The molecule has 14 heavy (non-hydrogen) atoms. The van der Waals surface area contributed by atoms with Crippen LogP contribution in [0.4, 0.5) is 0 Å². The Morgan fingerprint density at radius 3 is 2.50 bits per heavy atom. The Morgan fingerprint density at radius 2 is 2.07 bits per heavy atom. The van der Waals surface area contributed by atoms with E-state index in [-0.39, 0.29) is 0 Å². The second-order valence-corrected chi connectivity index (χ2v) is 4.55. The number of rotatable bonds is 4. The molecule has 0 aromatic heterocycles. The highest BCUT2D eigenvalue weighted by Crippen LogP contribution is 2.41. The van der Waals surface area contributed by atoms with Crippen molar-refractivity contribution in [3.63, 3.8) is 0 Å². The van der Waals surface area contributed by atoms with Gasteiger partial charge in [0.15, 0.2) is 0 Å². The number of allylic oxidation sites excluding steroid dienone is 1. The molecule has 2 heteroatoms. The fourth-order valence-electron chi connectivity index (χ4n) is 2.47. The van der Waals surface area contributed by atoms with E-state index in [0.717, 1.165) is 12.8 Å². The van der Waals surface area contributed by atoms with Gasteiger partial charge in [-0.15, -0.1) is 6.58 Å². The summed E-state index contributed by atoms with van der Waals surface area (Å²) in [5.41, 5.74) is -0.581. The molecule has 2 nitrogen and oxygen atoms in total. The van der Waals surface area contributed by atoms with Crippen LogP contribution >= 0.6 is 0 Å². The highest BCUT2D eigenvalue weighted by atomic mass is 16.4. The molecule has 1 aliphatic rings. The van der Waals surface area contributed by atoms with Crippen LogP contribution < -0.4 is 0 Å². The zero-order chi connectivity index (χ0) is 10.6. The first-order valence-corrected chi connectivity index (χ1v) is 5.45. The summed E-state index contributed by atoms with van der Waals surface area (Å²) in [6, 6.07) is 0. The SMILES string of the molecule is C=CCC(C)(C(=O)O)C1CCCCC1. The maximum atomic E-state index is 11.3. The topological polar surface area (TPSA) is 37.3 Å². The van der Waals surface area contributed by atoms with Gasteiger partial charge >= 0.3 is 5.97 Å². The smallest absolute Gasteiger partial charge is 0.309 e. The second kappa shape index (κ2) is 4.63. The van der Waals surface area contributed by atoms with E-state index in [9.17, 15) is 9.90 Å². The summed E-state index contributed by atoms with van der Waals surface area (Å²) in [5.74, 6) is -0.323. The molecule has 1 fully saturated rings. The molecule has 0 spiro atoms. The van der Waals surface area contributed by atoms with Gasteiger partial charge in [-0.2, -0.15) is 0 Å². The number of carboxylic acids is 1. The molecule has 1 atom stereocenters. The molecule has 0 aromatic carbocycles. The van der Waals surface area contributed by atoms with Gasteiger partial charge in [-0.25, -0.2) is 0 Å². The molecule has 1 N–H and O–H groups in total. The third kappa shape index (κ3) is 2.17. The molecule has 0 aliphatic heterocycles. The zero-order valence-electron chi connectivity index (χ0n) is 8.96. The Hall–Kier alpha value is -0.790. The van der Waals surface area contributed by atoms with Crippen molar-refractivity contribution in [3.8, 4) is 0 Å². The van der Waals surface area contributed by atoms with Gasteiger partial charge in [-0.1, -0.05) is 25.3 Å². The fraction of sp³-hybridized carbons (Fsp3) is 0.750. The van der Waals surface area contributed by atoms with Crippen LogP contribution in [0, 0.1) is 11.3 Å². The monoisotopic (exact) mass is 196 g/mol. The molecule has 0 heterocycles. The van der Waals surface area contributed by atoms with Gasteiger partial charge in [-0.3, -0.25) is 4.79 Å². The lowest BCUT2D eigenvalue weighted by molar-refractivity contribution is -0.152. The van der Waals surface area contributed by atoms with Gasteiger partial charge in [0.05, 0.1) is 5.41 Å². The van der Waals surface area contributed by atoms with Gasteiger partial charge < -0.3 is 5.11 Å².